The molecule has 1 aliphatic rings. The molecule has 0 bridgehead atoms. The monoisotopic (exact) mass is 254 g/mol. The molecule has 1 fully saturated rings. The SMILES string of the molecule is COc1ccc(C2CC2C(C)=O)c(Cl)c1OC. The Labute approximate surface area is 106 Å². The molecule has 1 saturated carbocycles. The van der Waals surface area contributed by atoms with Gasteiger partial charge in [-0.05, 0) is 30.9 Å². The third kappa shape index (κ3) is 2.12. The molecular formula is C13H15ClO3. The molecule has 1 aliphatic carbocycles. The van der Waals surface area contributed by atoms with Gasteiger partial charge in [0.05, 0.1) is 19.2 Å². The molecule has 17 heavy (non-hydrogen) atoms. The maximum Gasteiger partial charge on any atom is 0.179 e. The van der Waals surface area contributed by atoms with Gasteiger partial charge < -0.3 is 9.47 Å². The molecule has 2 atom stereocenters. The Bertz CT molecular complexity index is 456. The zero-order valence-electron chi connectivity index (χ0n) is 10.1. The predicted molar refractivity (Wildman–Crippen MR) is 66.1 cm³/mol. The highest BCUT2D eigenvalue weighted by molar-refractivity contribution is 6.33. The fraction of sp³-hybridized carbons (Fsp3) is 0.462. The van der Waals surface area contributed by atoms with Crippen LogP contribution in [0.5, 0.6) is 11.5 Å². The van der Waals surface area contributed by atoms with Crippen LogP contribution >= 0.6 is 11.6 Å². The van der Waals surface area contributed by atoms with Crippen molar-refractivity contribution in [3.05, 3.63) is 22.7 Å². The lowest BCUT2D eigenvalue weighted by Gasteiger charge is -2.12. The average Bonchev–Trinajstić information content (AvgIpc) is 3.08. The van der Waals surface area contributed by atoms with Crippen molar-refractivity contribution in [3.8, 4) is 11.5 Å². The normalized spacial score (nSPS) is 22.1. The summed E-state index contributed by atoms with van der Waals surface area (Å²) in [5, 5.41) is 0.556. The van der Waals surface area contributed by atoms with Gasteiger partial charge in [-0.15, -0.1) is 0 Å². The Morgan fingerprint density at radius 1 is 1.35 bits per heavy atom. The highest BCUT2D eigenvalue weighted by Crippen LogP contribution is 2.52. The topological polar surface area (TPSA) is 35.5 Å². The second-order valence-corrected chi connectivity index (χ2v) is 4.64. The fourth-order valence-corrected chi connectivity index (χ4v) is 2.55. The molecule has 1 aromatic carbocycles. The summed E-state index contributed by atoms with van der Waals surface area (Å²) in [5.41, 5.74) is 0.976. The van der Waals surface area contributed by atoms with E-state index in [1.807, 2.05) is 12.1 Å². The minimum Gasteiger partial charge on any atom is -0.493 e. The van der Waals surface area contributed by atoms with Crippen LogP contribution in [-0.4, -0.2) is 20.0 Å². The minimum absolute atomic E-state index is 0.116. The van der Waals surface area contributed by atoms with Gasteiger partial charge in [-0.1, -0.05) is 17.7 Å². The number of ketones is 1. The molecule has 0 heterocycles. The van der Waals surface area contributed by atoms with Gasteiger partial charge >= 0.3 is 0 Å². The lowest BCUT2D eigenvalue weighted by Crippen LogP contribution is -1.97. The predicted octanol–water partition coefficient (Wildman–Crippen LogP) is 3.05. The first-order valence-corrected chi connectivity index (χ1v) is 5.88. The molecule has 2 rings (SSSR count). The second-order valence-electron chi connectivity index (χ2n) is 4.26. The van der Waals surface area contributed by atoms with Gasteiger partial charge in [-0.25, -0.2) is 0 Å². The van der Waals surface area contributed by atoms with Crippen LogP contribution < -0.4 is 9.47 Å². The maximum absolute atomic E-state index is 11.3. The van der Waals surface area contributed by atoms with Gasteiger partial charge in [-0.3, -0.25) is 4.79 Å². The standard InChI is InChI=1S/C13H15ClO3/c1-7(15)9-6-10(9)8-4-5-11(16-2)13(17-3)12(8)14/h4-5,9-10H,6H2,1-3H3. The van der Waals surface area contributed by atoms with Gasteiger partial charge in [0.25, 0.3) is 0 Å². The van der Waals surface area contributed by atoms with Crippen LogP contribution in [0.2, 0.25) is 5.02 Å². The number of Topliss-reactive ketones (excluding diaryl/α,β-unsaturated/α-hetero) is 1. The number of hydrogen-bond acceptors (Lipinski definition) is 3. The Kier molecular flexibility index (Phi) is 3.29. The van der Waals surface area contributed by atoms with E-state index in [2.05, 4.69) is 0 Å². The lowest BCUT2D eigenvalue weighted by molar-refractivity contribution is -0.118. The summed E-state index contributed by atoms with van der Waals surface area (Å²) in [7, 11) is 3.13. The molecule has 1 aromatic rings. The molecule has 0 radical (unpaired) electrons. The average molecular weight is 255 g/mol. The number of methoxy groups -OCH3 is 2. The van der Waals surface area contributed by atoms with Crippen LogP contribution in [-0.2, 0) is 4.79 Å². The molecule has 0 saturated heterocycles. The zero-order chi connectivity index (χ0) is 12.6. The van der Waals surface area contributed by atoms with Gasteiger partial charge in [0.1, 0.15) is 5.78 Å². The maximum atomic E-state index is 11.3. The van der Waals surface area contributed by atoms with Crippen LogP contribution in [0.15, 0.2) is 12.1 Å². The van der Waals surface area contributed by atoms with Gasteiger partial charge in [0.15, 0.2) is 11.5 Å². The van der Waals surface area contributed by atoms with E-state index in [-0.39, 0.29) is 17.6 Å². The molecule has 0 N–H and O–H groups in total. The van der Waals surface area contributed by atoms with Crippen molar-refractivity contribution in [1.29, 1.82) is 0 Å². The molecular weight excluding hydrogens is 240 g/mol. The van der Waals surface area contributed by atoms with E-state index in [9.17, 15) is 4.79 Å². The number of carbonyl (C=O) groups excluding carboxylic acids is 1. The van der Waals surface area contributed by atoms with Crippen molar-refractivity contribution in [2.45, 2.75) is 19.3 Å². The largest absolute Gasteiger partial charge is 0.493 e. The fourth-order valence-electron chi connectivity index (χ4n) is 2.18. The van der Waals surface area contributed by atoms with Crippen LogP contribution in [0.1, 0.15) is 24.8 Å². The van der Waals surface area contributed by atoms with Crippen LogP contribution in [0.25, 0.3) is 0 Å². The first-order chi connectivity index (χ1) is 8.10. The summed E-state index contributed by atoms with van der Waals surface area (Å²) in [4.78, 5) is 11.3. The van der Waals surface area contributed by atoms with E-state index in [4.69, 9.17) is 21.1 Å². The van der Waals surface area contributed by atoms with Crippen LogP contribution in [0, 0.1) is 5.92 Å². The van der Waals surface area contributed by atoms with Gasteiger partial charge in [0.2, 0.25) is 0 Å². The van der Waals surface area contributed by atoms with Crippen molar-refractivity contribution >= 4 is 17.4 Å². The Hall–Kier alpha value is -1.22. The van der Waals surface area contributed by atoms with Crippen molar-refractivity contribution in [3.63, 3.8) is 0 Å². The number of hydrogen-bond donors (Lipinski definition) is 0. The van der Waals surface area contributed by atoms with Gasteiger partial charge in [-0.2, -0.15) is 0 Å². The molecule has 0 aliphatic heterocycles. The van der Waals surface area contributed by atoms with Crippen LogP contribution in [0.4, 0.5) is 0 Å². The molecule has 0 amide bonds. The second kappa shape index (κ2) is 4.57. The summed E-state index contributed by atoms with van der Waals surface area (Å²) >= 11 is 6.28. The van der Waals surface area contributed by atoms with Crippen molar-refractivity contribution in [2.24, 2.45) is 5.92 Å². The quantitative estimate of drug-likeness (QED) is 0.829. The van der Waals surface area contributed by atoms with Crippen molar-refractivity contribution < 1.29 is 14.3 Å². The molecule has 2 unspecified atom stereocenters. The Balaban J connectivity index is 2.34. The zero-order valence-corrected chi connectivity index (χ0v) is 10.9. The molecule has 3 nitrogen and oxygen atoms in total. The third-order valence-corrected chi connectivity index (χ3v) is 3.62. The van der Waals surface area contributed by atoms with E-state index in [1.54, 1.807) is 21.1 Å². The number of halogens is 1. The summed E-state index contributed by atoms with van der Waals surface area (Å²) in [6.45, 7) is 1.62. The summed E-state index contributed by atoms with van der Waals surface area (Å²) in [6.07, 6.45) is 0.880. The molecule has 0 spiro atoms. The number of ether oxygens (including phenoxy) is 2. The molecule has 4 heteroatoms. The molecule has 92 valence electrons. The number of benzene rings is 1. The first kappa shape index (κ1) is 12.2. The highest BCUT2D eigenvalue weighted by atomic mass is 35.5. The summed E-state index contributed by atoms with van der Waals surface area (Å²) < 4.78 is 10.4. The smallest absolute Gasteiger partial charge is 0.179 e. The van der Waals surface area contributed by atoms with E-state index in [0.717, 1.165) is 12.0 Å². The summed E-state index contributed by atoms with van der Waals surface area (Å²) in [5.74, 6) is 1.73. The van der Waals surface area contributed by atoms with E-state index in [1.165, 1.54) is 0 Å². The van der Waals surface area contributed by atoms with Crippen molar-refractivity contribution in [2.75, 3.05) is 14.2 Å². The van der Waals surface area contributed by atoms with E-state index >= 15 is 0 Å². The Morgan fingerprint density at radius 3 is 2.53 bits per heavy atom. The van der Waals surface area contributed by atoms with E-state index in [0.29, 0.717) is 16.5 Å². The van der Waals surface area contributed by atoms with E-state index < -0.39 is 0 Å². The molecule has 0 aromatic heterocycles. The minimum atomic E-state index is 0.116. The third-order valence-electron chi connectivity index (χ3n) is 3.23. The number of carbonyl (C=O) groups is 1. The first-order valence-electron chi connectivity index (χ1n) is 5.51. The van der Waals surface area contributed by atoms with Gasteiger partial charge in [0, 0.05) is 5.92 Å². The van der Waals surface area contributed by atoms with Crippen LogP contribution in [0.3, 0.4) is 0 Å². The highest BCUT2D eigenvalue weighted by Gasteiger charge is 2.43. The summed E-state index contributed by atoms with van der Waals surface area (Å²) in [6, 6.07) is 3.74. The number of rotatable bonds is 4. The lowest BCUT2D eigenvalue weighted by atomic mass is 10.1. The van der Waals surface area contributed by atoms with Crippen molar-refractivity contribution in [1.82, 2.24) is 0 Å². The Morgan fingerprint density at radius 2 is 2.06 bits per heavy atom.